The molecule has 2 aliphatic carbocycles. The van der Waals surface area contributed by atoms with E-state index >= 15 is 0 Å². The van der Waals surface area contributed by atoms with Gasteiger partial charge in [-0.25, -0.2) is 0 Å². The highest BCUT2D eigenvalue weighted by Gasteiger charge is 2.34. The van der Waals surface area contributed by atoms with Crippen molar-refractivity contribution in [2.24, 2.45) is 0 Å². The van der Waals surface area contributed by atoms with Crippen molar-refractivity contribution < 1.29 is 0 Å². The van der Waals surface area contributed by atoms with Crippen LogP contribution in [0.5, 0.6) is 0 Å². The average Bonchev–Trinajstić information content (AvgIpc) is 3.33. The molecule has 0 saturated heterocycles. The van der Waals surface area contributed by atoms with Gasteiger partial charge in [0.1, 0.15) is 0 Å². The van der Waals surface area contributed by atoms with Crippen molar-refractivity contribution in [2.75, 3.05) is 6.54 Å². The van der Waals surface area contributed by atoms with Gasteiger partial charge in [-0.15, -0.1) is 11.3 Å². The number of rotatable bonds is 9. The molecule has 0 aromatic carbocycles. The molecule has 3 heteroatoms. The standard InChI is InChI=1S/C16H26N2S/c1-2-4-15(11-17-13-6-7-13)18(14-8-9-14)12-16-5-3-10-19-16/h3,5,10,13-15,17H,2,4,6-9,11-12H2,1H3. The second kappa shape index (κ2) is 6.38. The molecule has 0 aliphatic heterocycles. The van der Waals surface area contributed by atoms with Crippen molar-refractivity contribution in [1.82, 2.24) is 10.2 Å². The van der Waals surface area contributed by atoms with Gasteiger partial charge in [0.2, 0.25) is 0 Å². The summed E-state index contributed by atoms with van der Waals surface area (Å²) in [6, 6.07) is 6.90. The maximum atomic E-state index is 3.75. The Kier molecular flexibility index (Phi) is 4.57. The van der Waals surface area contributed by atoms with Gasteiger partial charge in [0, 0.05) is 36.1 Å². The minimum absolute atomic E-state index is 0.736. The van der Waals surface area contributed by atoms with Gasteiger partial charge in [-0.1, -0.05) is 19.4 Å². The zero-order chi connectivity index (χ0) is 13.1. The molecule has 1 atom stereocenters. The Morgan fingerprint density at radius 2 is 2.21 bits per heavy atom. The van der Waals surface area contributed by atoms with Gasteiger partial charge >= 0.3 is 0 Å². The molecule has 0 bridgehead atoms. The number of hydrogen-bond donors (Lipinski definition) is 1. The van der Waals surface area contributed by atoms with Crippen LogP contribution >= 0.6 is 11.3 Å². The van der Waals surface area contributed by atoms with Crippen LogP contribution in [0.3, 0.4) is 0 Å². The first kappa shape index (κ1) is 13.6. The average molecular weight is 278 g/mol. The van der Waals surface area contributed by atoms with E-state index in [1.165, 1.54) is 56.5 Å². The Hall–Kier alpha value is -0.380. The largest absolute Gasteiger partial charge is 0.312 e. The van der Waals surface area contributed by atoms with Crippen LogP contribution in [0.2, 0.25) is 0 Å². The molecule has 2 nitrogen and oxygen atoms in total. The molecule has 1 aromatic heterocycles. The first-order valence-corrected chi connectivity index (χ1v) is 8.76. The van der Waals surface area contributed by atoms with Gasteiger partial charge in [0.05, 0.1) is 0 Å². The van der Waals surface area contributed by atoms with Crippen LogP contribution in [0.1, 0.15) is 50.3 Å². The number of nitrogens with one attached hydrogen (secondary N) is 1. The number of thiophene rings is 1. The molecule has 2 aliphatic rings. The number of nitrogens with zero attached hydrogens (tertiary/aromatic N) is 1. The van der Waals surface area contributed by atoms with E-state index in [4.69, 9.17) is 0 Å². The summed E-state index contributed by atoms with van der Waals surface area (Å²) in [5.74, 6) is 0. The van der Waals surface area contributed by atoms with Gasteiger partial charge in [0.15, 0.2) is 0 Å². The summed E-state index contributed by atoms with van der Waals surface area (Å²) in [4.78, 5) is 4.31. The van der Waals surface area contributed by atoms with E-state index in [2.05, 4.69) is 34.7 Å². The van der Waals surface area contributed by atoms with Gasteiger partial charge in [-0.05, 0) is 43.6 Å². The van der Waals surface area contributed by atoms with E-state index in [1.54, 1.807) is 0 Å². The van der Waals surface area contributed by atoms with Crippen molar-refractivity contribution in [3.63, 3.8) is 0 Å². The van der Waals surface area contributed by atoms with E-state index in [1.807, 2.05) is 11.3 Å². The van der Waals surface area contributed by atoms with Crippen LogP contribution in [0.15, 0.2) is 17.5 Å². The first-order valence-electron chi connectivity index (χ1n) is 7.88. The summed E-state index contributed by atoms with van der Waals surface area (Å²) in [6.45, 7) is 4.68. The SMILES string of the molecule is CCCC(CNC1CC1)N(Cc1cccs1)C1CC1. The Balaban J connectivity index is 1.60. The van der Waals surface area contributed by atoms with Crippen molar-refractivity contribution in [3.05, 3.63) is 22.4 Å². The topological polar surface area (TPSA) is 15.3 Å². The monoisotopic (exact) mass is 278 g/mol. The molecule has 1 aromatic rings. The molecule has 0 radical (unpaired) electrons. The van der Waals surface area contributed by atoms with E-state index in [0.717, 1.165) is 18.1 Å². The second-order valence-corrected chi connectivity index (χ2v) is 7.14. The summed E-state index contributed by atoms with van der Waals surface area (Å²) in [5.41, 5.74) is 0. The summed E-state index contributed by atoms with van der Waals surface area (Å²) < 4.78 is 0. The third-order valence-corrected chi connectivity index (χ3v) is 5.11. The first-order chi connectivity index (χ1) is 9.36. The Bertz CT molecular complexity index is 368. The van der Waals surface area contributed by atoms with Crippen molar-refractivity contribution in [2.45, 2.75) is 70.1 Å². The summed E-state index contributed by atoms with van der Waals surface area (Å²) in [7, 11) is 0. The molecule has 2 saturated carbocycles. The normalized spacial score (nSPS) is 20.9. The maximum Gasteiger partial charge on any atom is 0.0334 e. The van der Waals surface area contributed by atoms with Crippen LogP contribution in [0.4, 0.5) is 0 Å². The summed E-state index contributed by atoms with van der Waals surface area (Å²) in [5, 5.41) is 5.95. The van der Waals surface area contributed by atoms with Crippen molar-refractivity contribution >= 4 is 11.3 Å². The van der Waals surface area contributed by atoms with Crippen molar-refractivity contribution in [3.8, 4) is 0 Å². The lowest BCUT2D eigenvalue weighted by molar-refractivity contribution is 0.164. The number of hydrogen-bond acceptors (Lipinski definition) is 3. The fourth-order valence-electron chi connectivity index (χ4n) is 2.85. The molecule has 19 heavy (non-hydrogen) atoms. The molecule has 3 rings (SSSR count). The second-order valence-electron chi connectivity index (χ2n) is 6.11. The molecular weight excluding hydrogens is 252 g/mol. The third kappa shape index (κ3) is 4.04. The maximum absolute atomic E-state index is 3.75. The van der Waals surface area contributed by atoms with Gasteiger partial charge in [0.25, 0.3) is 0 Å². The zero-order valence-corrected chi connectivity index (χ0v) is 12.8. The fourth-order valence-corrected chi connectivity index (χ4v) is 3.57. The highest BCUT2D eigenvalue weighted by Crippen LogP contribution is 2.32. The van der Waals surface area contributed by atoms with Crippen LogP contribution in [-0.2, 0) is 6.54 Å². The zero-order valence-electron chi connectivity index (χ0n) is 12.0. The van der Waals surface area contributed by atoms with Crippen molar-refractivity contribution in [1.29, 1.82) is 0 Å². The molecule has 0 amide bonds. The Morgan fingerprint density at radius 1 is 1.37 bits per heavy atom. The fraction of sp³-hybridized carbons (Fsp3) is 0.750. The van der Waals surface area contributed by atoms with E-state index in [-0.39, 0.29) is 0 Å². The van der Waals surface area contributed by atoms with Gasteiger partial charge in [-0.2, -0.15) is 0 Å². The van der Waals surface area contributed by atoms with Crippen LogP contribution < -0.4 is 5.32 Å². The Labute approximate surface area is 121 Å². The highest BCUT2D eigenvalue weighted by atomic mass is 32.1. The van der Waals surface area contributed by atoms with Gasteiger partial charge in [-0.3, -0.25) is 4.90 Å². The molecule has 2 fully saturated rings. The summed E-state index contributed by atoms with van der Waals surface area (Å²) >= 11 is 1.91. The minimum atomic E-state index is 0.736. The molecule has 1 N–H and O–H groups in total. The highest BCUT2D eigenvalue weighted by molar-refractivity contribution is 7.09. The van der Waals surface area contributed by atoms with Gasteiger partial charge < -0.3 is 5.32 Å². The smallest absolute Gasteiger partial charge is 0.0334 e. The lowest BCUT2D eigenvalue weighted by Gasteiger charge is -2.32. The Morgan fingerprint density at radius 3 is 2.79 bits per heavy atom. The summed E-state index contributed by atoms with van der Waals surface area (Å²) in [6.07, 6.45) is 8.25. The van der Waals surface area contributed by atoms with Crippen LogP contribution in [0.25, 0.3) is 0 Å². The molecule has 106 valence electrons. The lowest BCUT2D eigenvalue weighted by atomic mass is 10.1. The lowest BCUT2D eigenvalue weighted by Crippen LogP contribution is -2.43. The van der Waals surface area contributed by atoms with E-state index in [0.29, 0.717) is 0 Å². The van der Waals surface area contributed by atoms with Crippen LogP contribution in [-0.4, -0.2) is 29.6 Å². The minimum Gasteiger partial charge on any atom is -0.312 e. The van der Waals surface area contributed by atoms with E-state index < -0.39 is 0 Å². The molecule has 1 unspecified atom stereocenters. The molecular formula is C16H26N2S. The molecule has 1 heterocycles. The third-order valence-electron chi connectivity index (χ3n) is 4.24. The molecule has 0 spiro atoms. The quantitative estimate of drug-likeness (QED) is 0.742. The van der Waals surface area contributed by atoms with Crippen LogP contribution in [0, 0.1) is 0 Å². The predicted molar refractivity (Wildman–Crippen MR) is 82.6 cm³/mol. The predicted octanol–water partition coefficient (Wildman–Crippen LogP) is 3.63. The van der Waals surface area contributed by atoms with E-state index in [9.17, 15) is 0 Å².